The summed E-state index contributed by atoms with van der Waals surface area (Å²) in [6.45, 7) is 8.65. The molecule has 0 atom stereocenters. The van der Waals surface area contributed by atoms with Gasteiger partial charge in [-0.1, -0.05) is 47.5 Å². The molecule has 0 fully saturated rings. The lowest BCUT2D eigenvalue weighted by Crippen LogP contribution is -2.28. The van der Waals surface area contributed by atoms with Crippen LogP contribution in [0.25, 0.3) is 0 Å². The largest absolute Gasteiger partial charge is 0.483 e. The van der Waals surface area contributed by atoms with Crippen molar-refractivity contribution >= 4 is 5.91 Å². The third kappa shape index (κ3) is 4.35. The molecular weight excluding hydrogens is 274 g/mol. The molecule has 1 N–H and O–H groups in total. The van der Waals surface area contributed by atoms with Crippen LogP contribution in [0.2, 0.25) is 0 Å². The highest BCUT2D eigenvalue weighted by Gasteiger charge is 2.08. The average molecular weight is 297 g/mol. The summed E-state index contributed by atoms with van der Waals surface area (Å²) in [6.07, 6.45) is 0. The number of amides is 1. The van der Waals surface area contributed by atoms with E-state index in [1.54, 1.807) is 0 Å². The van der Waals surface area contributed by atoms with Gasteiger partial charge in [-0.25, -0.2) is 0 Å². The number of aryl methyl sites for hydroxylation is 4. The molecule has 0 unspecified atom stereocenters. The molecule has 0 saturated carbocycles. The Morgan fingerprint density at radius 2 is 1.68 bits per heavy atom. The van der Waals surface area contributed by atoms with Crippen molar-refractivity contribution in [3.05, 3.63) is 64.2 Å². The predicted octanol–water partition coefficient (Wildman–Crippen LogP) is 3.62. The first-order chi connectivity index (χ1) is 10.5. The van der Waals surface area contributed by atoms with Gasteiger partial charge >= 0.3 is 0 Å². The Bertz CT molecular complexity index is 654. The summed E-state index contributed by atoms with van der Waals surface area (Å²) in [6, 6.07) is 12.2. The van der Waals surface area contributed by atoms with Gasteiger partial charge in [0.05, 0.1) is 0 Å². The molecule has 0 radical (unpaired) electrons. The van der Waals surface area contributed by atoms with E-state index in [1.165, 1.54) is 11.1 Å². The van der Waals surface area contributed by atoms with Crippen molar-refractivity contribution in [1.29, 1.82) is 0 Å². The number of carbonyl (C=O) groups is 1. The van der Waals surface area contributed by atoms with Crippen LogP contribution in [0, 0.1) is 27.7 Å². The predicted molar refractivity (Wildman–Crippen MR) is 89.2 cm³/mol. The fraction of sp³-hybridized carbons (Fsp3) is 0.316. The number of nitrogens with one attached hydrogen (secondary N) is 1. The first kappa shape index (κ1) is 16.1. The van der Waals surface area contributed by atoms with Crippen LogP contribution < -0.4 is 10.1 Å². The summed E-state index contributed by atoms with van der Waals surface area (Å²) in [4.78, 5) is 11.9. The lowest BCUT2D eigenvalue weighted by Gasteiger charge is -2.13. The van der Waals surface area contributed by atoms with Gasteiger partial charge in [0.15, 0.2) is 6.61 Å². The molecule has 22 heavy (non-hydrogen) atoms. The second-order valence-electron chi connectivity index (χ2n) is 5.78. The summed E-state index contributed by atoms with van der Waals surface area (Å²) in [7, 11) is 0. The molecule has 0 heterocycles. The molecule has 0 bridgehead atoms. The van der Waals surface area contributed by atoms with Gasteiger partial charge in [0.1, 0.15) is 5.75 Å². The molecule has 116 valence electrons. The van der Waals surface area contributed by atoms with E-state index in [9.17, 15) is 4.79 Å². The second-order valence-corrected chi connectivity index (χ2v) is 5.78. The topological polar surface area (TPSA) is 38.3 Å². The van der Waals surface area contributed by atoms with Crippen molar-refractivity contribution < 1.29 is 9.53 Å². The molecule has 0 aliphatic carbocycles. The normalized spacial score (nSPS) is 10.4. The number of rotatable bonds is 5. The summed E-state index contributed by atoms with van der Waals surface area (Å²) in [5, 5.41) is 2.88. The van der Waals surface area contributed by atoms with Crippen LogP contribution in [0.1, 0.15) is 27.8 Å². The lowest BCUT2D eigenvalue weighted by atomic mass is 10.1. The zero-order chi connectivity index (χ0) is 16.1. The molecule has 3 nitrogen and oxygen atoms in total. The van der Waals surface area contributed by atoms with Crippen LogP contribution in [0.3, 0.4) is 0 Å². The first-order valence-corrected chi connectivity index (χ1v) is 7.48. The molecule has 1 amide bonds. The van der Waals surface area contributed by atoms with E-state index in [2.05, 4.69) is 30.4 Å². The molecule has 0 aliphatic rings. The maximum Gasteiger partial charge on any atom is 0.258 e. The van der Waals surface area contributed by atoms with Crippen LogP contribution >= 0.6 is 0 Å². The van der Waals surface area contributed by atoms with Gasteiger partial charge in [0, 0.05) is 6.54 Å². The van der Waals surface area contributed by atoms with Crippen molar-refractivity contribution in [1.82, 2.24) is 5.32 Å². The van der Waals surface area contributed by atoms with Crippen molar-refractivity contribution in [3.8, 4) is 5.75 Å². The van der Waals surface area contributed by atoms with Gasteiger partial charge in [-0.3, -0.25) is 4.79 Å². The summed E-state index contributed by atoms with van der Waals surface area (Å²) in [5.74, 6) is 0.692. The molecule has 0 spiro atoms. The molecule has 2 aromatic rings. The number of benzene rings is 2. The molecule has 2 aromatic carbocycles. The Morgan fingerprint density at radius 3 is 2.32 bits per heavy atom. The van der Waals surface area contributed by atoms with E-state index in [-0.39, 0.29) is 12.5 Å². The molecule has 0 aliphatic heterocycles. The molecular formula is C19H23NO2. The number of hydrogen-bond acceptors (Lipinski definition) is 2. The zero-order valence-corrected chi connectivity index (χ0v) is 13.7. The average Bonchev–Trinajstić information content (AvgIpc) is 2.44. The first-order valence-electron chi connectivity index (χ1n) is 7.48. The Morgan fingerprint density at radius 1 is 1.00 bits per heavy atom. The highest BCUT2D eigenvalue weighted by atomic mass is 16.5. The van der Waals surface area contributed by atoms with Crippen LogP contribution in [0.15, 0.2) is 36.4 Å². The van der Waals surface area contributed by atoms with Gasteiger partial charge in [-0.05, 0) is 44.4 Å². The maximum atomic E-state index is 11.9. The van der Waals surface area contributed by atoms with Gasteiger partial charge in [0.2, 0.25) is 0 Å². The van der Waals surface area contributed by atoms with Gasteiger partial charge in [-0.15, -0.1) is 0 Å². The number of ether oxygens (including phenoxy) is 1. The molecule has 3 heteroatoms. The van der Waals surface area contributed by atoms with E-state index >= 15 is 0 Å². The van der Waals surface area contributed by atoms with Gasteiger partial charge in [0.25, 0.3) is 5.91 Å². The van der Waals surface area contributed by atoms with Crippen molar-refractivity contribution in [2.75, 3.05) is 6.61 Å². The Labute approximate surface area is 132 Å². The fourth-order valence-corrected chi connectivity index (χ4v) is 2.61. The third-order valence-corrected chi connectivity index (χ3v) is 3.52. The van der Waals surface area contributed by atoms with Crippen molar-refractivity contribution in [2.45, 2.75) is 34.2 Å². The van der Waals surface area contributed by atoms with E-state index in [1.807, 2.05) is 39.0 Å². The maximum absolute atomic E-state index is 11.9. The summed E-state index contributed by atoms with van der Waals surface area (Å²) >= 11 is 0. The Kier molecular flexibility index (Phi) is 5.21. The Hall–Kier alpha value is -2.29. The zero-order valence-electron chi connectivity index (χ0n) is 13.7. The second kappa shape index (κ2) is 7.12. The molecule has 2 rings (SSSR count). The standard InChI is InChI=1S/C19H23NO2/c1-13-6-5-7-17(10-13)11-20-18(21)12-22-19-15(3)8-14(2)9-16(19)4/h5-10H,11-12H2,1-4H3,(H,20,21). The van der Waals surface area contributed by atoms with Crippen LogP contribution in [0.5, 0.6) is 5.75 Å². The minimum absolute atomic E-state index is 0.0383. The highest BCUT2D eigenvalue weighted by molar-refractivity contribution is 5.77. The third-order valence-electron chi connectivity index (χ3n) is 3.52. The van der Waals surface area contributed by atoms with Crippen LogP contribution in [-0.4, -0.2) is 12.5 Å². The SMILES string of the molecule is Cc1cccc(CNC(=O)COc2c(C)cc(C)cc2C)c1. The van der Waals surface area contributed by atoms with E-state index in [4.69, 9.17) is 4.74 Å². The highest BCUT2D eigenvalue weighted by Crippen LogP contribution is 2.24. The molecule has 0 aromatic heterocycles. The van der Waals surface area contributed by atoms with Crippen molar-refractivity contribution in [2.24, 2.45) is 0 Å². The monoisotopic (exact) mass is 297 g/mol. The van der Waals surface area contributed by atoms with Crippen molar-refractivity contribution in [3.63, 3.8) is 0 Å². The quantitative estimate of drug-likeness (QED) is 0.915. The van der Waals surface area contributed by atoms with Crippen LogP contribution in [0.4, 0.5) is 0 Å². The summed E-state index contributed by atoms with van der Waals surface area (Å²) < 4.78 is 5.68. The van der Waals surface area contributed by atoms with E-state index in [0.717, 1.165) is 22.4 Å². The fourth-order valence-electron chi connectivity index (χ4n) is 2.61. The van der Waals surface area contributed by atoms with Gasteiger partial charge in [-0.2, -0.15) is 0 Å². The minimum Gasteiger partial charge on any atom is -0.483 e. The van der Waals surface area contributed by atoms with E-state index < -0.39 is 0 Å². The Balaban J connectivity index is 1.88. The smallest absolute Gasteiger partial charge is 0.258 e. The number of carbonyl (C=O) groups excluding carboxylic acids is 1. The lowest BCUT2D eigenvalue weighted by molar-refractivity contribution is -0.123. The number of hydrogen-bond donors (Lipinski definition) is 1. The van der Waals surface area contributed by atoms with Crippen LogP contribution in [-0.2, 0) is 11.3 Å². The minimum atomic E-state index is -0.110. The molecule has 0 saturated heterocycles. The summed E-state index contributed by atoms with van der Waals surface area (Å²) in [5.41, 5.74) is 5.60. The van der Waals surface area contributed by atoms with Gasteiger partial charge < -0.3 is 10.1 Å². The van der Waals surface area contributed by atoms with E-state index in [0.29, 0.717) is 6.54 Å².